The summed E-state index contributed by atoms with van der Waals surface area (Å²) in [6, 6.07) is 4.31. The van der Waals surface area contributed by atoms with Gasteiger partial charge in [-0.25, -0.2) is 4.98 Å². The van der Waals surface area contributed by atoms with Crippen LogP contribution in [0.2, 0.25) is 0 Å². The minimum Gasteiger partial charge on any atom is -0.342 e. The first-order valence-electron chi connectivity index (χ1n) is 6.42. The number of aryl methyl sites for hydroxylation is 2. The maximum atomic E-state index is 4.80. The van der Waals surface area contributed by atoms with Crippen LogP contribution in [0.25, 0.3) is 11.0 Å². The van der Waals surface area contributed by atoms with E-state index in [2.05, 4.69) is 36.3 Å². The minimum atomic E-state index is 0.552. The van der Waals surface area contributed by atoms with E-state index in [1.807, 2.05) is 0 Å². The van der Waals surface area contributed by atoms with Crippen molar-refractivity contribution in [3.63, 3.8) is 0 Å². The Morgan fingerprint density at radius 3 is 2.94 bits per heavy atom. The van der Waals surface area contributed by atoms with Crippen LogP contribution in [0.5, 0.6) is 0 Å². The maximum Gasteiger partial charge on any atom is 0.111 e. The van der Waals surface area contributed by atoms with Crippen molar-refractivity contribution in [1.29, 1.82) is 0 Å². The minimum absolute atomic E-state index is 0.552. The molecule has 17 heavy (non-hydrogen) atoms. The molecule has 90 valence electrons. The Hall–Kier alpha value is -1.35. The highest BCUT2D eigenvalue weighted by Crippen LogP contribution is 2.25. The van der Waals surface area contributed by atoms with Crippen molar-refractivity contribution in [2.24, 2.45) is 0 Å². The first-order chi connectivity index (χ1) is 8.25. The van der Waals surface area contributed by atoms with Gasteiger partial charge in [0.25, 0.3) is 0 Å². The monoisotopic (exact) mass is 229 g/mol. The van der Waals surface area contributed by atoms with Gasteiger partial charge < -0.3 is 10.3 Å². The van der Waals surface area contributed by atoms with Crippen molar-refractivity contribution in [1.82, 2.24) is 15.3 Å². The van der Waals surface area contributed by atoms with E-state index >= 15 is 0 Å². The number of aromatic amines is 1. The van der Waals surface area contributed by atoms with Gasteiger partial charge in [-0.05, 0) is 50.4 Å². The van der Waals surface area contributed by atoms with Gasteiger partial charge in [-0.3, -0.25) is 0 Å². The smallest absolute Gasteiger partial charge is 0.111 e. The summed E-state index contributed by atoms with van der Waals surface area (Å²) in [6.45, 7) is 6.50. The molecule has 1 aliphatic heterocycles. The molecule has 0 amide bonds. The van der Waals surface area contributed by atoms with Gasteiger partial charge in [0, 0.05) is 12.5 Å². The van der Waals surface area contributed by atoms with Crippen LogP contribution >= 0.6 is 0 Å². The molecule has 0 saturated carbocycles. The molecule has 2 N–H and O–H groups in total. The molecular formula is C14H19N3. The highest BCUT2D eigenvalue weighted by Gasteiger charge is 2.19. The summed E-state index contributed by atoms with van der Waals surface area (Å²) >= 11 is 0. The Balaban J connectivity index is 2.04. The van der Waals surface area contributed by atoms with E-state index in [4.69, 9.17) is 4.98 Å². The molecule has 1 atom stereocenters. The second kappa shape index (κ2) is 4.15. The maximum absolute atomic E-state index is 4.80. The molecule has 3 nitrogen and oxygen atoms in total. The predicted molar refractivity (Wildman–Crippen MR) is 70.4 cm³/mol. The van der Waals surface area contributed by atoms with Crippen LogP contribution in [0.15, 0.2) is 12.1 Å². The second-order valence-corrected chi connectivity index (χ2v) is 5.07. The van der Waals surface area contributed by atoms with Gasteiger partial charge in [-0.2, -0.15) is 0 Å². The van der Waals surface area contributed by atoms with Crippen molar-refractivity contribution in [3.05, 3.63) is 29.1 Å². The van der Waals surface area contributed by atoms with Crippen molar-refractivity contribution >= 4 is 11.0 Å². The first kappa shape index (κ1) is 10.8. The number of fused-ring (bicyclic) bond motifs is 1. The fourth-order valence-electron chi connectivity index (χ4n) is 2.61. The van der Waals surface area contributed by atoms with Gasteiger partial charge in [0.1, 0.15) is 5.82 Å². The summed E-state index contributed by atoms with van der Waals surface area (Å²) < 4.78 is 0. The molecule has 1 aromatic heterocycles. The van der Waals surface area contributed by atoms with Gasteiger partial charge in [-0.1, -0.05) is 6.07 Å². The quantitative estimate of drug-likeness (QED) is 0.789. The lowest BCUT2D eigenvalue weighted by atomic mass is 9.99. The number of nitrogens with one attached hydrogen (secondary N) is 2. The third-order valence-corrected chi connectivity index (χ3v) is 3.88. The van der Waals surface area contributed by atoms with Crippen molar-refractivity contribution < 1.29 is 0 Å². The molecule has 0 radical (unpaired) electrons. The molecule has 1 saturated heterocycles. The normalized spacial score (nSPS) is 20.9. The second-order valence-electron chi connectivity index (χ2n) is 5.07. The van der Waals surface area contributed by atoms with Crippen LogP contribution in [0, 0.1) is 13.8 Å². The van der Waals surface area contributed by atoms with Crippen molar-refractivity contribution in [2.75, 3.05) is 13.1 Å². The number of aromatic nitrogens is 2. The molecule has 3 rings (SSSR count). The van der Waals surface area contributed by atoms with Gasteiger partial charge in [0.05, 0.1) is 11.0 Å². The average Bonchev–Trinajstić information content (AvgIpc) is 2.80. The number of rotatable bonds is 1. The zero-order valence-corrected chi connectivity index (χ0v) is 10.5. The molecule has 2 aromatic rings. The van der Waals surface area contributed by atoms with E-state index in [-0.39, 0.29) is 0 Å². The van der Waals surface area contributed by atoms with E-state index in [0.717, 1.165) is 24.4 Å². The van der Waals surface area contributed by atoms with Crippen LogP contribution in [0.3, 0.4) is 0 Å². The van der Waals surface area contributed by atoms with Gasteiger partial charge in [-0.15, -0.1) is 0 Å². The number of imidazole rings is 1. The number of H-pyrrole nitrogens is 1. The van der Waals surface area contributed by atoms with Crippen LogP contribution in [0.1, 0.15) is 35.7 Å². The van der Waals surface area contributed by atoms with Crippen LogP contribution in [0.4, 0.5) is 0 Å². The third kappa shape index (κ3) is 1.84. The molecule has 1 aliphatic rings. The Bertz CT molecular complexity index is 536. The number of hydrogen-bond donors (Lipinski definition) is 2. The summed E-state index contributed by atoms with van der Waals surface area (Å²) in [5, 5.41) is 3.44. The number of benzene rings is 1. The summed E-state index contributed by atoms with van der Waals surface area (Å²) in [4.78, 5) is 8.28. The zero-order chi connectivity index (χ0) is 11.8. The van der Waals surface area contributed by atoms with Crippen molar-refractivity contribution in [2.45, 2.75) is 32.6 Å². The van der Waals surface area contributed by atoms with Crippen LogP contribution in [-0.4, -0.2) is 23.1 Å². The number of nitrogens with zero attached hydrogens (tertiary/aromatic N) is 1. The Morgan fingerprint density at radius 1 is 1.29 bits per heavy atom. The van der Waals surface area contributed by atoms with Crippen LogP contribution < -0.4 is 5.32 Å². The van der Waals surface area contributed by atoms with Gasteiger partial charge >= 0.3 is 0 Å². The standard InChI is InChI=1S/C14H19N3/c1-9-5-6-12-13(10(9)2)17-14(16-12)11-4-3-7-15-8-11/h5-6,11,15H,3-4,7-8H2,1-2H3,(H,16,17)/t11-/m0/s1. The van der Waals surface area contributed by atoms with E-state index < -0.39 is 0 Å². The fraction of sp³-hybridized carbons (Fsp3) is 0.500. The van der Waals surface area contributed by atoms with Crippen LogP contribution in [-0.2, 0) is 0 Å². The Morgan fingerprint density at radius 2 is 2.18 bits per heavy atom. The zero-order valence-electron chi connectivity index (χ0n) is 10.5. The van der Waals surface area contributed by atoms with Gasteiger partial charge in [0.2, 0.25) is 0 Å². The van der Waals surface area contributed by atoms with Gasteiger partial charge in [0.15, 0.2) is 0 Å². The Kier molecular flexibility index (Phi) is 2.63. The summed E-state index contributed by atoms with van der Waals surface area (Å²) in [7, 11) is 0. The lowest BCUT2D eigenvalue weighted by Crippen LogP contribution is -2.28. The highest BCUT2D eigenvalue weighted by molar-refractivity contribution is 5.79. The molecule has 0 bridgehead atoms. The molecule has 0 aliphatic carbocycles. The molecule has 0 unspecified atom stereocenters. The fourth-order valence-corrected chi connectivity index (χ4v) is 2.61. The van der Waals surface area contributed by atoms with E-state index in [0.29, 0.717) is 5.92 Å². The van der Waals surface area contributed by atoms with Crippen molar-refractivity contribution in [3.8, 4) is 0 Å². The number of hydrogen-bond acceptors (Lipinski definition) is 2. The largest absolute Gasteiger partial charge is 0.342 e. The average molecular weight is 229 g/mol. The lowest BCUT2D eigenvalue weighted by Gasteiger charge is -2.20. The molecule has 0 spiro atoms. The van der Waals surface area contributed by atoms with E-state index in [9.17, 15) is 0 Å². The first-order valence-corrected chi connectivity index (χ1v) is 6.42. The predicted octanol–water partition coefficient (Wildman–Crippen LogP) is 2.65. The van der Waals surface area contributed by atoms with E-state index in [1.54, 1.807) is 0 Å². The van der Waals surface area contributed by atoms with E-state index in [1.165, 1.54) is 29.5 Å². The summed E-state index contributed by atoms with van der Waals surface area (Å²) in [6.07, 6.45) is 2.49. The Labute approximate surface area is 102 Å². The molecule has 1 aromatic carbocycles. The molecular weight excluding hydrogens is 210 g/mol. The molecule has 3 heteroatoms. The highest BCUT2D eigenvalue weighted by atomic mass is 15.0. The third-order valence-electron chi connectivity index (χ3n) is 3.88. The SMILES string of the molecule is Cc1ccc2[nH]c([C@H]3CCCNC3)nc2c1C. The molecule has 1 fully saturated rings. The molecule has 2 heterocycles. The lowest BCUT2D eigenvalue weighted by molar-refractivity contribution is 0.449. The summed E-state index contributed by atoms with van der Waals surface area (Å²) in [5.74, 6) is 1.71. The summed E-state index contributed by atoms with van der Waals surface area (Å²) in [5.41, 5.74) is 4.94. The topological polar surface area (TPSA) is 40.7 Å². The number of piperidine rings is 1.